The van der Waals surface area contributed by atoms with Crippen molar-refractivity contribution in [3.63, 3.8) is 0 Å². The zero-order valence-corrected chi connectivity index (χ0v) is 18.3. The fourth-order valence-electron chi connectivity index (χ4n) is 3.41. The quantitative estimate of drug-likeness (QED) is 0.527. The van der Waals surface area contributed by atoms with Gasteiger partial charge in [-0.3, -0.25) is 9.89 Å². The number of rotatable bonds is 7. The summed E-state index contributed by atoms with van der Waals surface area (Å²) >= 11 is 7.72. The van der Waals surface area contributed by atoms with Gasteiger partial charge in [-0.15, -0.1) is 11.3 Å². The van der Waals surface area contributed by atoms with Gasteiger partial charge in [0.2, 0.25) is 0 Å². The molecule has 2 aromatic rings. The van der Waals surface area contributed by atoms with Crippen molar-refractivity contribution in [2.24, 2.45) is 10.9 Å². The van der Waals surface area contributed by atoms with Gasteiger partial charge in [-0.05, 0) is 56.0 Å². The predicted molar refractivity (Wildman–Crippen MR) is 119 cm³/mol. The van der Waals surface area contributed by atoms with Crippen molar-refractivity contribution in [2.45, 2.75) is 39.3 Å². The Bertz CT molecular complexity index is 750. The molecule has 0 radical (unpaired) electrons. The Balaban J connectivity index is 1.36. The number of nitrogens with one attached hydrogen (secondary N) is 2. The molecular formula is C21H30ClN5S. The first kappa shape index (κ1) is 21.1. The smallest absolute Gasteiger partial charge is 0.191 e. The van der Waals surface area contributed by atoms with E-state index in [1.807, 2.05) is 31.3 Å². The van der Waals surface area contributed by atoms with E-state index in [9.17, 15) is 0 Å². The molecule has 0 spiro atoms. The van der Waals surface area contributed by atoms with Crippen LogP contribution in [0.2, 0.25) is 5.02 Å². The fourth-order valence-corrected chi connectivity index (χ4v) is 4.27. The van der Waals surface area contributed by atoms with Crippen molar-refractivity contribution in [3.8, 4) is 0 Å². The highest BCUT2D eigenvalue weighted by Gasteiger charge is 2.20. The highest BCUT2D eigenvalue weighted by Crippen LogP contribution is 2.19. The summed E-state index contributed by atoms with van der Waals surface area (Å²) in [7, 11) is 1.82. The maximum absolute atomic E-state index is 5.94. The lowest BCUT2D eigenvalue weighted by Crippen LogP contribution is -2.42. The number of hydrogen-bond acceptors (Lipinski definition) is 4. The van der Waals surface area contributed by atoms with Crippen LogP contribution in [0.4, 0.5) is 0 Å². The van der Waals surface area contributed by atoms with Crippen molar-refractivity contribution in [1.82, 2.24) is 20.5 Å². The minimum atomic E-state index is 0.687. The van der Waals surface area contributed by atoms with E-state index in [1.165, 1.54) is 29.1 Å². The molecule has 152 valence electrons. The molecule has 1 aromatic heterocycles. The van der Waals surface area contributed by atoms with Crippen LogP contribution in [0.3, 0.4) is 0 Å². The van der Waals surface area contributed by atoms with Crippen LogP contribution in [-0.4, -0.2) is 42.5 Å². The van der Waals surface area contributed by atoms with Crippen LogP contribution < -0.4 is 10.6 Å². The molecule has 1 aromatic carbocycles. The number of halogens is 1. The van der Waals surface area contributed by atoms with Gasteiger partial charge in [0.15, 0.2) is 5.96 Å². The van der Waals surface area contributed by atoms with Gasteiger partial charge in [0.1, 0.15) is 0 Å². The van der Waals surface area contributed by atoms with Crippen LogP contribution in [0, 0.1) is 5.92 Å². The average Bonchev–Trinajstić information content (AvgIpc) is 3.18. The Morgan fingerprint density at radius 3 is 2.64 bits per heavy atom. The number of thiazole rings is 1. The lowest BCUT2D eigenvalue weighted by atomic mass is 9.97. The van der Waals surface area contributed by atoms with Crippen LogP contribution in [0.25, 0.3) is 0 Å². The van der Waals surface area contributed by atoms with Crippen molar-refractivity contribution in [3.05, 3.63) is 50.9 Å². The zero-order chi connectivity index (χ0) is 19.8. The minimum Gasteiger partial charge on any atom is -0.356 e. The molecule has 1 aliphatic rings. The van der Waals surface area contributed by atoms with Crippen LogP contribution in [0.5, 0.6) is 0 Å². The third-order valence-electron chi connectivity index (χ3n) is 5.15. The molecule has 2 heterocycles. The van der Waals surface area contributed by atoms with E-state index in [1.54, 1.807) is 11.3 Å². The number of likely N-dealkylation sites (tertiary alicyclic amines) is 1. The molecule has 5 nitrogen and oxygen atoms in total. The van der Waals surface area contributed by atoms with Crippen LogP contribution >= 0.6 is 22.9 Å². The molecule has 1 aliphatic heterocycles. The Morgan fingerprint density at radius 1 is 1.25 bits per heavy atom. The lowest BCUT2D eigenvalue weighted by Gasteiger charge is -2.31. The summed E-state index contributed by atoms with van der Waals surface area (Å²) < 4.78 is 0. The van der Waals surface area contributed by atoms with Crippen molar-refractivity contribution >= 4 is 28.9 Å². The highest BCUT2D eigenvalue weighted by atomic mass is 35.5. The molecule has 0 saturated carbocycles. The van der Waals surface area contributed by atoms with Crippen molar-refractivity contribution in [1.29, 1.82) is 0 Å². The molecule has 0 unspecified atom stereocenters. The second-order valence-corrected chi connectivity index (χ2v) is 8.62. The third-order valence-corrected chi connectivity index (χ3v) is 6.44. The average molecular weight is 420 g/mol. The van der Waals surface area contributed by atoms with Gasteiger partial charge in [0.05, 0.1) is 10.7 Å². The van der Waals surface area contributed by atoms with E-state index in [0.29, 0.717) is 5.92 Å². The summed E-state index contributed by atoms with van der Waals surface area (Å²) in [4.78, 5) is 11.6. The number of nitrogens with zero attached hydrogens (tertiary/aromatic N) is 3. The van der Waals surface area contributed by atoms with Gasteiger partial charge in [-0.2, -0.15) is 0 Å². The van der Waals surface area contributed by atoms with Gasteiger partial charge in [-0.1, -0.05) is 30.7 Å². The third kappa shape index (κ3) is 6.47. The van der Waals surface area contributed by atoms with Gasteiger partial charge in [0.25, 0.3) is 0 Å². The topological polar surface area (TPSA) is 52.6 Å². The van der Waals surface area contributed by atoms with E-state index >= 15 is 0 Å². The number of guanidine groups is 1. The predicted octanol–water partition coefficient (Wildman–Crippen LogP) is 3.94. The van der Waals surface area contributed by atoms with Gasteiger partial charge in [-0.25, -0.2) is 4.98 Å². The molecule has 1 saturated heterocycles. The largest absolute Gasteiger partial charge is 0.356 e. The van der Waals surface area contributed by atoms with E-state index < -0.39 is 0 Å². The van der Waals surface area contributed by atoms with Gasteiger partial charge < -0.3 is 10.6 Å². The lowest BCUT2D eigenvalue weighted by molar-refractivity contribution is 0.176. The summed E-state index contributed by atoms with van der Waals surface area (Å²) in [6.07, 6.45) is 3.46. The summed E-state index contributed by atoms with van der Waals surface area (Å²) in [6.45, 7) is 7.14. The second-order valence-electron chi connectivity index (χ2n) is 7.24. The molecule has 2 N–H and O–H groups in total. The normalized spacial score (nSPS) is 16.3. The standard InChI is InChI=1S/C21H30ClN5S/c1-3-20-26-19(15-28-20)14-27-10-8-17(9-11-27)13-25-21(23-2)24-12-16-4-6-18(22)7-5-16/h4-7,15,17H,3,8-14H2,1-2H3,(H2,23,24,25). The van der Waals surface area contributed by atoms with E-state index in [4.69, 9.17) is 16.6 Å². The summed E-state index contributed by atoms with van der Waals surface area (Å²) in [5.41, 5.74) is 2.42. The monoisotopic (exact) mass is 419 g/mol. The molecule has 1 fully saturated rings. The maximum atomic E-state index is 5.94. The van der Waals surface area contributed by atoms with E-state index in [2.05, 4.69) is 32.8 Å². The van der Waals surface area contributed by atoms with Crippen LogP contribution in [-0.2, 0) is 19.5 Å². The van der Waals surface area contributed by atoms with Crippen molar-refractivity contribution < 1.29 is 0 Å². The molecular weight excluding hydrogens is 390 g/mol. The molecule has 28 heavy (non-hydrogen) atoms. The van der Waals surface area contributed by atoms with Crippen LogP contribution in [0.1, 0.15) is 36.0 Å². The van der Waals surface area contributed by atoms with E-state index in [0.717, 1.165) is 50.1 Å². The molecule has 0 atom stereocenters. The van der Waals surface area contributed by atoms with Gasteiger partial charge >= 0.3 is 0 Å². The van der Waals surface area contributed by atoms with Gasteiger partial charge in [0, 0.05) is 37.1 Å². The summed E-state index contributed by atoms with van der Waals surface area (Å²) in [5, 5.41) is 11.1. The van der Waals surface area contributed by atoms with E-state index in [-0.39, 0.29) is 0 Å². The molecule has 0 bridgehead atoms. The first-order chi connectivity index (χ1) is 13.7. The maximum Gasteiger partial charge on any atom is 0.191 e. The minimum absolute atomic E-state index is 0.687. The molecule has 3 rings (SSSR count). The number of aliphatic imine (C=N–C) groups is 1. The number of hydrogen-bond donors (Lipinski definition) is 2. The zero-order valence-electron chi connectivity index (χ0n) is 16.7. The SMILES string of the molecule is CCc1nc(CN2CCC(CNC(=NC)NCc3ccc(Cl)cc3)CC2)cs1. The number of aromatic nitrogens is 1. The number of benzene rings is 1. The van der Waals surface area contributed by atoms with Crippen LogP contribution in [0.15, 0.2) is 34.6 Å². The Labute approximate surface area is 177 Å². The Kier molecular flexibility index (Phi) is 8.13. The number of aryl methyl sites for hydroxylation is 1. The fraction of sp³-hybridized carbons (Fsp3) is 0.524. The number of piperidine rings is 1. The molecule has 0 aliphatic carbocycles. The summed E-state index contributed by atoms with van der Waals surface area (Å²) in [5.74, 6) is 1.54. The summed E-state index contributed by atoms with van der Waals surface area (Å²) in [6, 6.07) is 7.89. The molecule has 7 heteroatoms. The first-order valence-electron chi connectivity index (χ1n) is 10.0. The van der Waals surface area contributed by atoms with Crippen molar-refractivity contribution in [2.75, 3.05) is 26.7 Å². The Morgan fingerprint density at radius 2 is 2.00 bits per heavy atom. The first-order valence-corrected chi connectivity index (χ1v) is 11.3. The second kappa shape index (κ2) is 10.8. The highest BCUT2D eigenvalue weighted by molar-refractivity contribution is 7.09. The Hall–Kier alpha value is -1.63. The molecule has 0 amide bonds.